The average molecular weight is 388 g/mol. The molecule has 0 spiro atoms. The maximum Gasteiger partial charge on any atom is 0.190 e. The van der Waals surface area contributed by atoms with E-state index >= 15 is 0 Å². The van der Waals surface area contributed by atoms with E-state index in [9.17, 15) is 0 Å². The van der Waals surface area contributed by atoms with Gasteiger partial charge < -0.3 is 25.2 Å². The number of aliphatic imine (C=N–C) groups is 1. The number of nitrogens with one attached hydrogen (secondary N) is 2. The summed E-state index contributed by atoms with van der Waals surface area (Å²) in [5.41, 5.74) is 2.69. The van der Waals surface area contributed by atoms with Crippen molar-refractivity contribution in [2.45, 2.75) is 26.7 Å². The van der Waals surface area contributed by atoms with E-state index in [4.69, 9.17) is 4.74 Å². The van der Waals surface area contributed by atoms with Gasteiger partial charge in [-0.1, -0.05) is 26.0 Å². The first-order valence-corrected chi connectivity index (χ1v) is 10.8. The van der Waals surface area contributed by atoms with Crippen molar-refractivity contribution in [2.24, 2.45) is 10.9 Å². The summed E-state index contributed by atoms with van der Waals surface area (Å²) in [6.07, 6.45) is 2.02. The van der Waals surface area contributed by atoms with Gasteiger partial charge in [0, 0.05) is 59.3 Å². The van der Waals surface area contributed by atoms with Gasteiger partial charge in [0.05, 0.1) is 6.61 Å². The van der Waals surface area contributed by atoms with Gasteiger partial charge in [-0.2, -0.15) is 0 Å². The molecule has 6 nitrogen and oxygen atoms in total. The fourth-order valence-corrected chi connectivity index (χ4v) is 4.01. The van der Waals surface area contributed by atoms with Crippen LogP contribution >= 0.6 is 0 Å². The number of nitrogens with zero attached hydrogens (tertiary/aromatic N) is 3. The Labute approximate surface area is 170 Å². The molecule has 0 amide bonds. The highest BCUT2D eigenvalue weighted by Crippen LogP contribution is 2.25. The molecule has 0 aliphatic carbocycles. The highest BCUT2D eigenvalue weighted by Gasteiger charge is 2.17. The zero-order valence-electron chi connectivity index (χ0n) is 17.8. The van der Waals surface area contributed by atoms with Crippen molar-refractivity contribution in [3.63, 3.8) is 0 Å². The summed E-state index contributed by atoms with van der Waals surface area (Å²) < 4.78 is 5.58. The zero-order valence-corrected chi connectivity index (χ0v) is 17.8. The van der Waals surface area contributed by atoms with Crippen molar-refractivity contribution >= 4 is 5.96 Å². The molecule has 6 heteroatoms. The Bertz CT molecular complexity index is 640. The molecule has 2 aliphatic heterocycles. The Morgan fingerprint density at radius 2 is 1.96 bits per heavy atom. The summed E-state index contributed by atoms with van der Waals surface area (Å²) in [6.45, 7) is 14.3. The van der Waals surface area contributed by atoms with E-state index in [1.807, 2.05) is 7.05 Å². The predicted octanol–water partition coefficient (Wildman–Crippen LogP) is 1.60. The van der Waals surface area contributed by atoms with Crippen molar-refractivity contribution in [1.82, 2.24) is 20.4 Å². The summed E-state index contributed by atoms with van der Waals surface area (Å²) >= 11 is 0. The second kappa shape index (κ2) is 10.7. The molecule has 2 heterocycles. The van der Waals surface area contributed by atoms with Gasteiger partial charge in [0.25, 0.3) is 0 Å². The molecule has 156 valence electrons. The SMILES string of the molecule is CCN1CCN(CC(C)CNC(=NC)NCCc2ccc3c(c2)CCO3)CC1. The first-order valence-electron chi connectivity index (χ1n) is 10.8. The largest absolute Gasteiger partial charge is 0.493 e. The van der Waals surface area contributed by atoms with Gasteiger partial charge in [0.1, 0.15) is 5.75 Å². The van der Waals surface area contributed by atoms with Gasteiger partial charge in [-0.05, 0) is 36.1 Å². The quantitative estimate of drug-likeness (QED) is 0.524. The Balaban J connectivity index is 1.33. The molecule has 2 aliphatic rings. The topological polar surface area (TPSA) is 52.1 Å². The van der Waals surface area contributed by atoms with Crippen molar-refractivity contribution in [2.75, 3.05) is 66.0 Å². The van der Waals surface area contributed by atoms with Crippen molar-refractivity contribution in [3.05, 3.63) is 29.3 Å². The van der Waals surface area contributed by atoms with Crippen LogP contribution < -0.4 is 15.4 Å². The molecule has 1 aromatic carbocycles. The normalized spacial score (nSPS) is 19.2. The second-order valence-electron chi connectivity index (χ2n) is 8.01. The van der Waals surface area contributed by atoms with Crippen LogP contribution in [0.15, 0.2) is 23.2 Å². The Kier molecular flexibility index (Phi) is 7.98. The maximum absolute atomic E-state index is 5.58. The van der Waals surface area contributed by atoms with E-state index in [-0.39, 0.29) is 0 Å². The Morgan fingerprint density at radius 3 is 2.71 bits per heavy atom. The van der Waals surface area contributed by atoms with Crippen LogP contribution in [0.5, 0.6) is 5.75 Å². The number of piperazine rings is 1. The number of rotatable bonds is 8. The number of hydrogen-bond acceptors (Lipinski definition) is 4. The van der Waals surface area contributed by atoms with E-state index in [1.54, 1.807) is 0 Å². The molecule has 0 bridgehead atoms. The minimum Gasteiger partial charge on any atom is -0.493 e. The van der Waals surface area contributed by atoms with Gasteiger partial charge in [0.15, 0.2) is 5.96 Å². The summed E-state index contributed by atoms with van der Waals surface area (Å²) in [7, 11) is 1.84. The molecule has 2 N–H and O–H groups in total. The van der Waals surface area contributed by atoms with Gasteiger partial charge in [-0.15, -0.1) is 0 Å². The third-order valence-electron chi connectivity index (χ3n) is 5.78. The van der Waals surface area contributed by atoms with E-state index in [2.05, 4.69) is 57.5 Å². The second-order valence-corrected chi connectivity index (χ2v) is 8.01. The summed E-state index contributed by atoms with van der Waals surface area (Å²) in [6, 6.07) is 6.55. The lowest BCUT2D eigenvalue weighted by Gasteiger charge is -2.35. The molecule has 0 radical (unpaired) electrons. The Hall–Kier alpha value is -1.79. The molecule has 3 rings (SSSR count). The number of ether oxygens (including phenoxy) is 1. The molecule has 0 aromatic heterocycles. The molecule has 1 saturated heterocycles. The predicted molar refractivity (Wildman–Crippen MR) is 116 cm³/mol. The summed E-state index contributed by atoms with van der Waals surface area (Å²) in [4.78, 5) is 9.49. The lowest BCUT2D eigenvalue weighted by atomic mass is 10.1. The maximum atomic E-state index is 5.58. The third-order valence-corrected chi connectivity index (χ3v) is 5.78. The van der Waals surface area contributed by atoms with E-state index in [1.165, 1.54) is 43.9 Å². The number of fused-ring (bicyclic) bond motifs is 1. The van der Waals surface area contributed by atoms with Gasteiger partial charge in [-0.25, -0.2) is 0 Å². The van der Waals surface area contributed by atoms with Gasteiger partial charge in [-0.3, -0.25) is 4.99 Å². The number of guanidine groups is 1. The van der Waals surface area contributed by atoms with Crippen LogP contribution in [0.4, 0.5) is 0 Å². The molecule has 1 unspecified atom stereocenters. The minimum absolute atomic E-state index is 0.600. The minimum atomic E-state index is 0.600. The molecular weight excluding hydrogens is 350 g/mol. The van der Waals surface area contributed by atoms with Gasteiger partial charge in [0.2, 0.25) is 0 Å². The molecule has 1 atom stereocenters. The van der Waals surface area contributed by atoms with E-state index in [0.717, 1.165) is 50.8 Å². The molecule has 0 saturated carbocycles. The monoisotopic (exact) mass is 387 g/mol. The van der Waals surface area contributed by atoms with Crippen LogP contribution in [0, 0.1) is 5.92 Å². The van der Waals surface area contributed by atoms with E-state index < -0.39 is 0 Å². The highest BCUT2D eigenvalue weighted by atomic mass is 16.5. The van der Waals surface area contributed by atoms with Crippen LogP contribution in [-0.2, 0) is 12.8 Å². The van der Waals surface area contributed by atoms with Crippen molar-refractivity contribution < 1.29 is 4.74 Å². The molecule has 1 fully saturated rings. The summed E-state index contributed by atoms with van der Waals surface area (Å²) in [5, 5.41) is 6.93. The summed E-state index contributed by atoms with van der Waals surface area (Å²) in [5.74, 6) is 2.55. The van der Waals surface area contributed by atoms with Crippen LogP contribution in [0.25, 0.3) is 0 Å². The Morgan fingerprint density at radius 1 is 1.18 bits per heavy atom. The van der Waals surface area contributed by atoms with Crippen LogP contribution in [0.3, 0.4) is 0 Å². The van der Waals surface area contributed by atoms with Gasteiger partial charge >= 0.3 is 0 Å². The first-order chi connectivity index (χ1) is 13.7. The number of likely N-dealkylation sites (N-methyl/N-ethyl adjacent to an activating group) is 1. The lowest BCUT2D eigenvalue weighted by Crippen LogP contribution is -2.48. The smallest absolute Gasteiger partial charge is 0.190 e. The van der Waals surface area contributed by atoms with E-state index in [0.29, 0.717) is 5.92 Å². The third kappa shape index (κ3) is 6.11. The first kappa shape index (κ1) is 20.9. The number of benzene rings is 1. The molecule has 28 heavy (non-hydrogen) atoms. The standard InChI is InChI=1S/C22H37N5O/c1-4-26-10-12-27(13-11-26)17-18(2)16-25-22(23-3)24-9-7-19-5-6-21-20(15-19)8-14-28-21/h5-6,15,18H,4,7-14,16-17H2,1-3H3,(H2,23,24,25). The highest BCUT2D eigenvalue weighted by molar-refractivity contribution is 5.79. The molecule has 1 aromatic rings. The molecular formula is C22H37N5O. The van der Waals surface area contributed by atoms with Crippen molar-refractivity contribution in [3.8, 4) is 5.75 Å². The van der Waals surface area contributed by atoms with Crippen LogP contribution in [-0.4, -0.2) is 81.8 Å². The zero-order chi connectivity index (χ0) is 19.8. The van der Waals surface area contributed by atoms with Crippen molar-refractivity contribution in [1.29, 1.82) is 0 Å². The lowest BCUT2D eigenvalue weighted by molar-refractivity contribution is 0.124. The van der Waals surface area contributed by atoms with Crippen LogP contribution in [0.2, 0.25) is 0 Å². The fraction of sp³-hybridized carbons (Fsp3) is 0.682. The fourth-order valence-electron chi connectivity index (χ4n) is 4.01. The van der Waals surface area contributed by atoms with Crippen LogP contribution in [0.1, 0.15) is 25.0 Å². The average Bonchev–Trinajstić information content (AvgIpc) is 3.19. The number of hydrogen-bond donors (Lipinski definition) is 2.